The Morgan fingerprint density at radius 1 is 1.16 bits per heavy atom. The Kier molecular flexibility index (Phi) is 4.95. The number of amides is 1. The van der Waals surface area contributed by atoms with Gasteiger partial charge in [-0.1, -0.05) is 42.5 Å². The number of fused-ring (bicyclic) bond motifs is 1. The monoisotopic (exact) mass is 334 g/mol. The van der Waals surface area contributed by atoms with E-state index in [1.54, 1.807) is 12.1 Å². The van der Waals surface area contributed by atoms with Crippen molar-refractivity contribution in [2.24, 2.45) is 5.10 Å². The molecule has 0 spiro atoms. The molecular weight excluding hydrogens is 316 g/mol. The number of hydrogen-bond donors (Lipinski definition) is 2. The first-order valence-corrected chi connectivity index (χ1v) is 7.85. The zero-order valence-corrected chi connectivity index (χ0v) is 13.8. The van der Waals surface area contributed by atoms with Crippen molar-refractivity contribution >= 4 is 22.9 Å². The van der Waals surface area contributed by atoms with Crippen molar-refractivity contribution in [2.75, 3.05) is 6.61 Å². The normalized spacial score (nSPS) is 10.9. The minimum absolute atomic E-state index is 0.104. The number of carbonyl (C=O) groups excluding carboxylic acids is 1. The Labute approximate surface area is 145 Å². The highest BCUT2D eigenvalue weighted by Gasteiger charge is 2.05. The lowest BCUT2D eigenvalue weighted by atomic mass is 10.0. The summed E-state index contributed by atoms with van der Waals surface area (Å²) < 4.78 is 5.41. The van der Waals surface area contributed by atoms with Crippen LogP contribution in [0, 0.1) is 6.92 Å². The summed E-state index contributed by atoms with van der Waals surface area (Å²) in [5.74, 6) is 0.357. The number of ether oxygens (including phenoxy) is 1. The van der Waals surface area contributed by atoms with Crippen LogP contribution in [0.15, 0.2) is 65.8 Å². The van der Waals surface area contributed by atoms with Gasteiger partial charge in [-0.2, -0.15) is 5.10 Å². The third kappa shape index (κ3) is 4.14. The second kappa shape index (κ2) is 7.49. The molecule has 0 fully saturated rings. The van der Waals surface area contributed by atoms with Crippen LogP contribution in [0.2, 0.25) is 0 Å². The number of benzene rings is 3. The van der Waals surface area contributed by atoms with Crippen LogP contribution in [0.4, 0.5) is 0 Å². The second-order valence-electron chi connectivity index (χ2n) is 5.62. The number of nitrogens with zero attached hydrogens (tertiary/aromatic N) is 1. The number of phenolic OH excluding ortho intramolecular Hbond substituents is 1. The Morgan fingerprint density at radius 2 is 2.00 bits per heavy atom. The van der Waals surface area contributed by atoms with Gasteiger partial charge in [0, 0.05) is 5.56 Å². The smallest absolute Gasteiger partial charge is 0.277 e. The molecule has 5 nitrogen and oxygen atoms in total. The van der Waals surface area contributed by atoms with E-state index < -0.39 is 0 Å². The maximum Gasteiger partial charge on any atom is 0.277 e. The molecule has 25 heavy (non-hydrogen) atoms. The summed E-state index contributed by atoms with van der Waals surface area (Å²) >= 11 is 0. The lowest BCUT2D eigenvalue weighted by Crippen LogP contribution is -2.24. The number of nitrogens with one attached hydrogen (secondary N) is 1. The average Bonchev–Trinajstić information content (AvgIpc) is 2.62. The fraction of sp³-hybridized carbons (Fsp3) is 0.100. The molecule has 3 aromatic carbocycles. The van der Waals surface area contributed by atoms with E-state index in [0.717, 1.165) is 16.3 Å². The summed E-state index contributed by atoms with van der Waals surface area (Å²) in [6.07, 6.45) is 1.43. The van der Waals surface area contributed by atoms with Crippen LogP contribution < -0.4 is 10.2 Å². The predicted octanol–water partition coefficient (Wildman–Crippen LogP) is 3.38. The molecule has 0 saturated heterocycles. The molecule has 1 amide bonds. The van der Waals surface area contributed by atoms with E-state index in [2.05, 4.69) is 10.5 Å². The summed E-state index contributed by atoms with van der Waals surface area (Å²) in [6, 6.07) is 18.5. The van der Waals surface area contributed by atoms with Gasteiger partial charge in [-0.05, 0) is 41.5 Å². The molecule has 0 heterocycles. The van der Waals surface area contributed by atoms with E-state index >= 15 is 0 Å². The highest BCUT2D eigenvalue weighted by Crippen LogP contribution is 2.25. The standard InChI is InChI=1S/C20H18N2O3/c1-14-5-4-7-16(11-14)25-13-20(24)22-21-12-18-17-8-3-2-6-15(17)9-10-19(18)23/h2-12,23H,13H2,1H3,(H,22,24). The van der Waals surface area contributed by atoms with Gasteiger partial charge in [-0.15, -0.1) is 0 Å². The second-order valence-corrected chi connectivity index (χ2v) is 5.62. The number of hydrazone groups is 1. The Balaban J connectivity index is 1.63. The number of hydrogen-bond acceptors (Lipinski definition) is 4. The molecule has 3 aromatic rings. The molecule has 0 unspecified atom stereocenters. The molecule has 0 aliphatic heterocycles. The van der Waals surface area contributed by atoms with E-state index in [0.29, 0.717) is 11.3 Å². The van der Waals surface area contributed by atoms with E-state index in [-0.39, 0.29) is 18.3 Å². The first-order valence-electron chi connectivity index (χ1n) is 7.85. The summed E-state index contributed by atoms with van der Waals surface area (Å²) in [7, 11) is 0. The topological polar surface area (TPSA) is 70.9 Å². The van der Waals surface area contributed by atoms with Gasteiger partial charge in [-0.3, -0.25) is 4.79 Å². The Bertz CT molecular complexity index is 935. The highest BCUT2D eigenvalue weighted by molar-refractivity contribution is 6.02. The van der Waals surface area contributed by atoms with Crippen molar-refractivity contribution in [2.45, 2.75) is 6.92 Å². The summed E-state index contributed by atoms with van der Waals surface area (Å²) in [6.45, 7) is 1.82. The van der Waals surface area contributed by atoms with Crippen LogP contribution >= 0.6 is 0 Å². The van der Waals surface area contributed by atoms with Gasteiger partial charge in [-0.25, -0.2) is 5.43 Å². The quantitative estimate of drug-likeness (QED) is 0.555. The zero-order chi connectivity index (χ0) is 17.6. The van der Waals surface area contributed by atoms with Gasteiger partial charge in [0.1, 0.15) is 11.5 Å². The summed E-state index contributed by atoms with van der Waals surface area (Å²) in [5.41, 5.74) is 4.01. The van der Waals surface area contributed by atoms with Gasteiger partial charge in [0.05, 0.1) is 6.21 Å². The first-order chi connectivity index (χ1) is 12.1. The minimum atomic E-state index is -0.377. The summed E-state index contributed by atoms with van der Waals surface area (Å²) in [5, 5.41) is 15.8. The van der Waals surface area contributed by atoms with Crippen LogP contribution in [0.25, 0.3) is 10.8 Å². The number of aryl methyl sites for hydroxylation is 1. The third-order valence-corrected chi connectivity index (χ3v) is 3.69. The number of aromatic hydroxyl groups is 1. The molecule has 0 aromatic heterocycles. The molecule has 0 radical (unpaired) electrons. The van der Waals surface area contributed by atoms with Crippen LogP contribution in [0.1, 0.15) is 11.1 Å². The molecule has 0 atom stereocenters. The first kappa shape index (κ1) is 16.5. The molecule has 2 N–H and O–H groups in total. The SMILES string of the molecule is Cc1cccc(OCC(=O)NN=Cc2c(O)ccc3ccccc23)c1. The number of rotatable bonds is 5. The largest absolute Gasteiger partial charge is 0.507 e. The molecule has 0 bridgehead atoms. The van der Waals surface area contributed by atoms with Crippen molar-refractivity contribution in [1.29, 1.82) is 0 Å². The molecule has 0 saturated carbocycles. The Morgan fingerprint density at radius 3 is 2.84 bits per heavy atom. The molecule has 3 rings (SSSR count). The van der Waals surface area contributed by atoms with Crippen molar-refractivity contribution in [3.63, 3.8) is 0 Å². The van der Waals surface area contributed by atoms with Crippen molar-refractivity contribution in [3.8, 4) is 11.5 Å². The van der Waals surface area contributed by atoms with E-state index in [1.807, 2.05) is 55.5 Å². The van der Waals surface area contributed by atoms with E-state index in [1.165, 1.54) is 6.21 Å². The molecule has 0 aliphatic carbocycles. The fourth-order valence-corrected chi connectivity index (χ4v) is 2.47. The minimum Gasteiger partial charge on any atom is -0.507 e. The fourth-order valence-electron chi connectivity index (χ4n) is 2.47. The van der Waals surface area contributed by atoms with Crippen molar-refractivity contribution < 1.29 is 14.6 Å². The van der Waals surface area contributed by atoms with E-state index in [9.17, 15) is 9.90 Å². The highest BCUT2D eigenvalue weighted by atomic mass is 16.5. The van der Waals surface area contributed by atoms with Crippen LogP contribution in [0.3, 0.4) is 0 Å². The van der Waals surface area contributed by atoms with Crippen LogP contribution in [0.5, 0.6) is 11.5 Å². The van der Waals surface area contributed by atoms with Crippen LogP contribution in [-0.4, -0.2) is 23.8 Å². The van der Waals surface area contributed by atoms with Gasteiger partial charge < -0.3 is 9.84 Å². The van der Waals surface area contributed by atoms with Gasteiger partial charge in [0.15, 0.2) is 6.61 Å². The van der Waals surface area contributed by atoms with Gasteiger partial charge >= 0.3 is 0 Å². The van der Waals surface area contributed by atoms with Gasteiger partial charge in [0.25, 0.3) is 5.91 Å². The average molecular weight is 334 g/mol. The molecule has 126 valence electrons. The van der Waals surface area contributed by atoms with Crippen molar-refractivity contribution in [3.05, 3.63) is 71.8 Å². The zero-order valence-electron chi connectivity index (χ0n) is 13.8. The number of phenols is 1. The molecule has 0 aliphatic rings. The van der Waals surface area contributed by atoms with Gasteiger partial charge in [0.2, 0.25) is 0 Å². The Hall–Kier alpha value is -3.34. The maximum absolute atomic E-state index is 11.8. The number of carbonyl (C=O) groups is 1. The summed E-state index contributed by atoms with van der Waals surface area (Å²) in [4.78, 5) is 11.8. The third-order valence-electron chi connectivity index (χ3n) is 3.69. The lowest BCUT2D eigenvalue weighted by Gasteiger charge is -2.06. The predicted molar refractivity (Wildman–Crippen MR) is 98.0 cm³/mol. The maximum atomic E-state index is 11.8. The lowest BCUT2D eigenvalue weighted by molar-refractivity contribution is -0.123. The molecular formula is C20H18N2O3. The van der Waals surface area contributed by atoms with Crippen LogP contribution in [-0.2, 0) is 4.79 Å². The van der Waals surface area contributed by atoms with E-state index in [4.69, 9.17) is 4.74 Å². The molecule has 5 heteroatoms. The van der Waals surface area contributed by atoms with Crippen molar-refractivity contribution in [1.82, 2.24) is 5.43 Å².